The molecule has 0 bridgehead atoms. The van der Waals surface area contributed by atoms with Crippen LogP contribution in [0.3, 0.4) is 0 Å². The number of nitrogens with zero attached hydrogens (tertiary/aromatic N) is 3. The van der Waals surface area contributed by atoms with Crippen molar-refractivity contribution in [3.63, 3.8) is 0 Å². The lowest BCUT2D eigenvalue weighted by atomic mass is 10.0. The third-order valence-corrected chi connectivity index (χ3v) is 11.7. The van der Waals surface area contributed by atoms with Crippen molar-refractivity contribution in [2.45, 2.75) is 73.4 Å². The average molecular weight is 562 g/mol. The Balaban J connectivity index is 1.33. The Morgan fingerprint density at radius 1 is 1.22 bits per heavy atom. The molecule has 1 aromatic heterocycles. The second-order valence-corrected chi connectivity index (χ2v) is 14.9. The third-order valence-electron chi connectivity index (χ3n) is 8.06. The highest BCUT2D eigenvalue weighted by Crippen LogP contribution is 2.49. The molecule has 36 heavy (non-hydrogen) atoms. The minimum absolute atomic E-state index is 0.0457. The summed E-state index contributed by atoms with van der Waals surface area (Å²) < 4.78 is 42.1. The van der Waals surface area contributed by atoms with E-state index in [2.05, 4.69) is 4.90 Å². The van der Waals surface area contributed by atoms with E-state index in [1.54, 1.807) is 21.3 Å². The summed E-state index contributed by atoms with van der Waals surface area (Å²) in [6.07, 6.45) is 3.78. The van der Waals surface area contributed by atoms with Crippen molar-refractivity contribution in [3.8, 4) is 0 Å². The first-order valence-corrected chi connectivity index (χ1v) is 15.4. The van der Waals surface area contributed by atoms with E-state index in [9.17, 15) is 18.3 Å². The molecule has 2 atom stereocenters. The fraction of sp³-hybridized carbons (Fsp3) is 0.792. The summed E-state index contributed by atoms with van der Waals surface area (Å²) >= 11 is 7.15. The van der Waals surface area contributed by atoms with Gasteiger partial charge in [0.25, 0.3) is 10.0 Å². The Kier molecular flexibility index (Phi) is 7.39. The van der Waals surface area contributed by atoms with Crippen molar-refractivity contribution in [2.24, 2.45) is 5.92 Å². The first-order valence-electron chi connectivity index (χ1n) is 12.8. The summed E-state index contributed by atoms with van der Waals surface area (Å²) in [7, 11) is -3.84. The van der Waals surface area contributed by atoms with E-state index in [0.717, 1.165) is 30.6 Å². The van der Waals surface area contributed by atoms with E-state index in [0.29, 0.717) is 55.9 Å². The number of halogens is 1. The number of carbonyl (C=O) groups excluding carboxylic acids is 1. The second kappa shape index (κ2) is 9.98. The maximum Gasteiger partial charge on any atom is 0.410 e. The minimum atomic E-state index is -3.84. The molecule has 2 saturated carbocycles. The van der Waals surface area contributed by atoms with Gasteiger partial charge in [-0.05, 0) is 51.2 Å². The van der Waals surface area contributed by atoms with Crippen molar-refractivity contribution >= 4 is 39.1 Å². The van der Waals surface area contributed by atoms with Crippen LogP contribution in [0.4, 0.5) is 4.79 Å². The number of hydrogen-bond donors (Lipinski definition) is 1. The number of carbonyl (C=O) groups is 1. The molecule has 3 heterocycles. The van der Waals surface area contributed by atoms with Crippen LogP contribution in [-0.4, -0.2) is 103 Å². The van der Waals surface area contributed by atoms with Crippen molar-refractivity contribution in [3.05, 3.63) is 16.5 Å². The fourth-order valence-corrected chi connectivity index (χ4v) is 8.81. The van der Waals surface area contributed by atoms with Crippen LogP contribution in [0.15, 0.2) is 16.3 Å². The summed E-state index contributed by atoms with van der Waals surface area (Å²) in [5, 5.41) is 9.66. The normalized spacial score (nSPS) is 27.7. The molecular weight excluding hydrogens is 526 g/mol. The topological polar surface area (TPSA) is 99.6 Å². The van der Waals surface area contributed by atoms with Crippen LogP contribution >= 0.6 is 22.9 Å². The van der Waals surface area contributed by atoms with Crippen molar-refractivity contribution in [1.82, 2.24) is 14.1 Å². The first kappa shape index (κ1) is 26.6. The van der Waals surface area contributed by atoms with Gasteiger partial charge in [-0.25, -0.2) is 13.2 Å². The van der Waals surface area contributed by atoms with Gasteiger partial charge in [0.2, 0.25) is 0 Å². The van der Waals surface area contributed by atoms with E-state index >= 15 is 0 Å². The molecule has 2 aliphatic heterocycles. The molecule has 4 fully saturated rings. The van der Waals surface area contributed by atoms with Gasteiger partial charge < -0.3 is 19.5 Å². The van der Waals surface area contributed by atoms with Crippen molar-refractivity contribution in [2.75, 3.05) is 46.0 Å². The highest BCUT2D eigenvalue weighted by Gasteiger charge is 2.61. The van der Waals surface area contributed by atoms with Crippen LogP contribution in [0.1, 0.15) is 46.0 Å². The number of aliphatic hydroxyl groups excluding tert-OH is 1. The monoisotopic (exact) mass is 561 g/mol. The molecule has 202 valence electrons. The quantitative estimate of drug-likeness (QED) is 0.521. The third kappa shape index (κ3) is 5.30. The van der Waals surface area contributed by atoms with E-state index in [1.807, 2.05) is 13.8 Å². The molecule has 12 heteroatoms. The Morgan fingerprint density at radius 3 is 2.47 bits per heavy atom. The van der Waals surface area contributed by atoms with Crippen LogP contribution in [0.2, 0.25) is 4.34 Å². The number of ether oxygens (including phenoxy) is 2. The number of sulfonamides is 1. The van der Waals surface area contributed by atoms with Gasteiger partial charge in [-0.2, -0.15) is 4.31 Å². The van der Waals surface area contributed by atoms with Gasteiger partial charge in [0.05, 0.1) is 30.2 Å². The van der Waals surface area contributed by atoms with Gasteiger partial charge in [0.15, 0.2) is 0 Å². The summed E-state index contributed by atoms with van der Waals surface area (Å²) in [5.74, 6) is 0.513. The molecule has 2 aliphatic carbocycles. The fourth-order valence-electron chi connectivity index (χ4n) is 5.37. The Hall–Kier alpha value is -0.950. The predicted octanol–water partition coefficient (Wildman–Crippen LogP) is 3.02. The highest BCUT2D eigenvalue weighted by molar-refractivity contribution is 7.91. The molecule has 1 N–H and O–H groups in total. The van der Waals surface area contributed by atoms with E-state index in [1.165, 1.54) is 0 Å². The molecule has 0 unspecified atom stereocenters. The molecule has 4 aliphatic rings. The molecule has 1 amide bonds. The second-order valence-electron chi connectivity index (χ2n) is 11.2. The van der Waals surface area contributed by atoms with E-state index in [4.69, 9.17) is 21.1 Å². The molecular formula is C24H36ClN3O6S2. The number of amides is 1. The van der Waals surface area contributed by atoms with Gasteiger partial charge in [-0.3, -0.25) is 4.90 Å². The number of hydrogen-bond acceptors (Lipinski definition) is 8. The van der Waals surface area contributed by atoms with Crippen LogP contribution in [0.5, 0.6) is 0 Å². The maximum absolute atomic E-state index is 13.9. The molecule has 0 aromatic carbocycles. The minimum Gasteiger partial charge on any atom is -0.441 e. The standard InChI is InChI=1S/C24H36ClN3O6S2/c1-23(2,16-29)27-11-9-26(10-12-27)22(30)34-24(7-8-24)19-15-33-14-18(13-17-3-4-17)28(19)36(31,32)21-6-5-20(25)35-21/h5-6,17-19,29H,3-4,7-16H2,1-2H3/t18-,19-/m1/s1. The highest BCUT2D eigenvalue weighted by atomic mass is 35.5. The first-order chi connectivity index (χ1) is 17.1. The lowest BCUT2D eigenvalue weighted by Gasteiger charge is -2.45. The van der Waals surface area contributed by atoms with Crippen LogP contribution < -0.4 is 0 Å². The van der Waals surface area contributed by atoms with Crippen molar-refractivity contribution in [1.29, 1.82) is 0 Å². The summed E-state index contributed by atoms with van der Waals surface area (Å²) in [4.78, 5) is 17.1. The molecule has 1 aromatic rings. The van der Waals surface area contributed by atoms with Crippen LogP contribution in [-0.2, 0) is 19.5 Å². The van der Waals surface area contributed by atoms with Gasteiger partial charge in [-0.15, -0.1) is 11.3 Å². The molecule has 2 saturated heterocycles. The number of aliphatic hydroxyl groups is 1. The largest absolute Gasteiger partial charge is 0.441 e. The summed E-state index contributed by atoms with van der Waals surface area (Å²) in [5.41, 5.74) is -1.22. The van der Waals surface area contributed by atoms with E-state index < -0.39 is 27.8 Å². The van der Waals surface area contributed by atoms with Crippen LogP contribution in [0.25, 0.3) is 0 Å². The zero-order chi connectivity index (χ0) is 25.7. The summed E-state index contributed by atoms with van der Waals surface area (Å²) in [6, 6.07) is 2.30. The van der Waals surface area contributed by atoms with Gasteiger partial charge in [0, 0.05) is 37.8 Å². The zero-order valence-electron chi connectivity index (χ0n) is 20.9. The molecule has 0 spiro atoms. The lowest BCUT2D eigenvalue weighted by molar-refractivity contribution is -0.0761. The lowest BCUT2D eigenvalue weighted by Crippen LogP contribution is -2.61. The average Bonchev–Trinajstić information content (AvgIpc) is 3.78. The number of morpholine rings is 1. The van der Waals surface area contributed by atoms with Crippen molar-refractivity contribution < 1.29 is 27.8 Å². The number of thiophene rings is 1. The SMILES string of the molecule is CC(C)(CO)N1CCN(C(=O)OC2([C@H]3COC[C@@H](CC4CC4)N3S(=O)(=O)c3ccc(Cl)s3)CC2)CC1. The number of piperazine rings is 1. The Labute approximate surface area is 222 Å². The summed E-state index contributed by atoms with van der Waals surface area (Å²) in [6.45, 7) is 6.84. The smallest absolute Gasteiger partial charge is 0.410 e. The van der Waals surface area contributed by atoms with Gasteiger partial charge >= 0.3 is 6.09 Å². The number of rotatable bonds is 8. The zero-order valence-corrected chi connectivity index (χ0v) is 23.3. The van der Waals surface area contributed by atoms with E-state index in [-0.39, 0.29) is 29.0 Å². The van der Waals surface area contributed by atoms with Crippen LogP contribution in [0, 0.1) is 5.92 Å². The Bertz CT molecular complexity index is 1060. The molecule has 0 radical (unpaired) electrons. The van der Waals surface area contributed by atoms with Gasteiger partial charge in [0.1, 0.15) is 9.81 Å². The van der Waals surface area contributed by atoms with Gasteiger partial charge in [-0.1, -0.05) is 24.4 Å². The molecule has 9 nitrogen and oxygen atoms in total. The Morgan fingerprint density at radius 2 is 1.92 bits per heavy atom. The maximum atomic E-state index is 13.9. The predicted molar refractivity (Wildman–Crippen MR) is 137 cm³/mol. The molecule has 5 rings (SSSR count).